The molecule has 0 radical (unpaired) electrons. The molecular formula is C28H52O4. The van der Waals surface area contributed by atoms with Gasteiger partial charge in [0.1, 0.15) is 0 Å². The van der Waals surface area contributed by atoms with E-state index in [4.69, 9.17) is 9.47 Å². The summed E-state index contributed by atoms with van der Waals surface area (Å²) in [5.74, 6) is -0.300. The molecule has 0 aromatic rings. The highest BCUT2D eigenvalue weighted by atomic mass is 16.5. The molecule has 2 unspecified atom stereocenters. The van der Waals surface area contributed by atoms with Crippen molar-refractivity contribution in [1.82, 2.24) is 0 Å². The zero-order valence-electron chi connectivity index (χ0n) is 21.5. The lowest BCUT2D eigenvalue weighted by atomic mass is 9.79. The van der Waals surface area contributed by atoms with E-state index in [-0.39, 0.29) is 23.8 Å². The van der Waals surface area contributed by atoms with E-state index in [1.807, 2.05) is 0 Å². The molecule has 0 aromatic carbocycles. The third-order valence-corrected chi connectivity index (χ3v) is 6.78. The molecule has 0 aromatic heterocycles. The van der Waals surface area contributed by atoms with Crippen molar-refractivity contribution in [2.75, 3.05) is 13.2 Å². The van der Waals surface area contributed by atoms with Gasteiger partial charge in [-0.15, -0.1) is 0 Å². The van der Waals surface area contributed by atoms with Crippen molar-refractivity contribution in [2.45, 2.75) is 136 Å². The van der Waals surface area contributed by atoms with Gasteiger partial charge in [0.2, 0.25) is 0 Å². The molecule has 32 heavy (non-hydrogen) atoms. The first-order chi connectivity index (χ1) is 15.6. The van der Waals surface area contributed by atoms with Gasteiger partial charge in [0.15, 0.2) is 0 Å². The standard InChI is InChI=1S/C28H52O4/c1-4-5-6-7-8-9-10-11-12-13-17-22-31-27(29)25-20-14-15-21-26(25)28(30)32-23-18-16-19-24(2)3/h24-26H,4-23H2,1-3H3. The predicted molar refractivity (Wildman–Crippen MR) is 133 cm³/mol. The highest BCUT2D eigenvalue weighted by molar-refractivity contribution is 5.82. The Morgan fingerprint density at radius 3 is 1.50 bits per heavy atom. The van der Waals surface area contributed by atoms with E-state index in [1.165, 1.54) is 57.8 Å². The molecule has 4 nitrogen and oxygen atoms in total. The average Bonchev–Trinajstić information content (AvgIpc) is 2.79. The molecule has 1 fully saturated rings. The lowest BCUT2D eigenvalue weighted by molar-refractivity contribution is -0.163. The molecule has 0 spiro atoms. The molecule has 2 atom stereocenters. The van der Waals surface area contributed by atoms with Crippen LogP contribution in [-0.4, -0.2) is 25.2 Å². The van der Waals surface area contributed by atoms with Crippen molar-refractivity contribution in [1.29, 1.82) is 0 Å². The van der Waals surface area contributed by atoms with Crippen LogP contribution in [0.1, 0.15) is 136 Å². The summed E-state index contributed by atoms with van der Waals surface area (Å²) in [5.41, 5.74) is 0. The minimum Gasteiger partial charge on any atom is -0.465 e. The number of carbonyl (C=O) groups excluding carboxylic acids is 2. The second-order valence-corrected chi connectivity index (χ2v) is 10.3. The second kappa shape index (κ2) is 19.4. The minimum atomic E-state index is -0.307. The minimum absolute atomic E-state index is 0.182. The van der Waals surface area contributed by atoms with E-state index >= 15 is 0 Å². The van der Waals surface area contributed by atoms with Crippen LogP contribution in [0.25, 0.3) is 0 Å². The van der Waals surface area contributed by atoms with Gasteiger partial charge >= 0.3 is 11.9 Å². The van der Waals surface area contributed by atoms with E-state index in [9.17, 15) is 9.59 Å². The first-order valence-electron chi connectivity index (χ1n) is 13.9. The molecule has 0 aliphatic heterocycles. The molecule has 0 saturated heterocycles. The van der Waals surface area contributed by atoms with Gasteiger partial charge < -0.3 is 9.47 Å². The first-order valence-corrected chi connectivity index (χ1v) is 13.9. The van der Waals surface area contributed by atoms with Gasteiger partial charge in [0.25, 0.3) is 0 Å². The summed E-state index contributed by atoms with van der Waals surface area (Å²) in [6.45, 7) is 7.64. The summed E-state index contributed by atoms with van der Waals surface area (Å²) in [7, 11) is 0. The van der Waals surface area contributed by atoms with Gasteiger partial charge in [-0.2, -0.15) is 0 Å². The molecule has 188 valence electrons. The van der Waals surface area contributed by atoms with Crippen molar-refractivity contribution in [3.05, 3.63) is 0 Å². The number of ether oxygens (including phenoxy) is 2. The Kier molecular flexibility index (Phi) is 17.6. The fourth-order valence-corrected chi connectivity index (χ4v) is 4.68. The summed E-state index contributed by atoms with van der Waals surface area (Å²) in [6, 6.07) is 0. The smallest absolute Gasteiger partial charge is 0.309 e. The van der Waals surface area contributed by atoms with Crippen LogP contribution in [0.2, 0.25) is 0 Å². The Morgan fingerprint density at radius 2 is 1.06 bits per heavy atom. The number of unbranched alkanes of at least 4 members (excludes halogenated alkanes) is 11. The Morgan fingerprint density at radius 1 is 0.656 bits per heavy atom. The molecule has 0 amide bonds. The Bertz CT molecular complexity index is 474. The summed E-state index contributed by atoms with van der Waals surface area (Å²) >= 11 is 0. The van der Waals surface area contributed by atoms with Crippen LogP contribution in [0.4, 0.5) is 0 Å². The van der Waals surface area contributed by atoms with Crippen LogP contribution in [0.5, 0.6) is 0 Å². The van der Waals surface area contributed by atoms with E-state index < -0.39 is 0 Å². The summed E-state index contributed by atoms with van der Waals surface area (Å²) in [5, 5.41) is 0. The van der Waals surface area contributed by atoms with Gasteiger partial charge in [0, 0.05) is 0 Å². The Labute approximate surface area is 198 Å². The molecule has 1 aliphatic carbocycles. The summed E-state index contributed by atoms with van der Waals surface area (Å²) in [6.07, 6.45) is 20.7. The lowest BCUT2D eigenvalue weighted by Gasteiger charge is -2.28. The van der Waals surface area contributed by atoms with Crippen molar-refractivity contribution in [3.63, 3.8) is 0 Å². The average molecular weight is 453 g/mol. The largest absolute Gasteiger partial charge is 0.465 e. The third-order valence-electron chi connectivity index (χ3n) is 6.78. The van der Waals surface area contributed by atoms with Gasteiger partial charge in [-0.1, -0.05) is 104 Å². The fraction of sp³-hybridized carbons (Fsp3) is 0.929. The second-order valence-electron chi connectivity index (χ2n) is 10.3. The van der Waals surface area contributed by atoms with Crippen LogP contribution in [0.15, 0.2) is 0 Å². The van der Waals surface area contributed by atoms with Crippen LogP contribution in [0, 0.1) is 17.8 Å². The Hall–Kier alpha value is -1.06. The number of carbonyl (C=O) groups is 2. The van der Waals surface area contributed by atoms with Gasteiger partial charge in [-0.25, -0.2) is 0 Å². The quantitative estimate of drug-likeness (QED) is 0.147. The van der Waals surface area contributed by atoms with Crippen LogP contribution in [-0.2, 0) is 19.1 Å². The van der Waals surface area contributed by atoms with Crippen molar-refractivity contribution >= 4 is 11.9 Å². The maximum atomic E-state index is 12.6. The lowest BCUT2D eigenvalue weighted by Crippen LogP contribution is -2.35. The zero-order chi connectivity index (χ0) is 23.4. The Balaban J connectivity index is 2.12. The molecule has 1 rings (SSSR count). The molecule has 1 saturated carbocycles. The SMILES string of the molecule is CCCCCCCCCCCCCOC(=O)C1CCCCC1C(=O)OCCCCC(C)C. The van der Waals surface area contributed by atoms with Crippen molar-refractivity contribution in [3.8, 4) is 0 Å². The van der Waals surface area contributed by atoms with Crippen molar-refractivity contribution in [2.24, 2.45) is 17.8 Å². The van der Waals surface area contributed by atoms with Gasteiger partial charge in [-0.05, 0) is 38.0 Å². The van der Waals surface area contributed by atoms with Gasteiger partial charge in [-0.3, -0.25) is 9.59 Å². The molecule has 0 heterocycles. The number of hydrogen-bond donors (Lipinski definition) is 0. The molecule has 0 bridgehead atoms. The molecule has 4 heteroatoms. The van der Waals surface area contributed by atoms with Gasteiger partial charge in [0.05, 0.1) is 25.0 Å². The van der Waals surface area contributed by atoms with E-state index in [1.54, 1.807) is 0 Å². The summed E-state index contributed by atoms with van der Waals surface area (Å²) in [4.78, 5) is 25.2. The maximum Gasteiger partial charge on any atom is 0.309 e. The third kappa shape index (κ3) is 14.2. The molecular weight excluding hydrogens is 400 g/mol. The highest BCUT2D eigenvalue weighted by Gasteiger charge is 2.37. The first kappa shape index (κ1) is 29.0. The zero-order valence-corrected chi connectivity index (χ0v) is 21.5. The maximum absolute atomic E-state index is 12.6. The summed E-state index contributed by atoms with van der Waals surface area (Å²) < 4.78 is 11.1. The van der Waals surface area contributed by atoms with E-state index in [0.29, 0.717) is 19.1 Å². The van der Waals surface area contributed by atoms with Crippen LogP contribution >= 0.6 is 0 Å². The topological polar surface area (TPSA) is 52.6 Å². The van der Waals surface area contributed by atoms with Crippen LogP contribution < -0.4 is 0 Å². The predicted octanol–water partition coefficient (Wildman–Crippen LogP) is 8.02. The van der Waals surface area contributed by atoms with Crippen LogP contribution in [0.3, 0.4) is 0 Å². The number of hydrogen-bond acceptors (Lipinski definition) is 4. The number of rotatable bonds is 19. The van der Waals surface area contributed by atoms with Crippen molar-refractivity contribution < 1.29 is 19.1 Å². The van der Waals surface area contributed by atoms with E-state index in [2.05, 4.69) is 20.8 Å². The monoisotopic (exact) mass is 452 g/mol. The highest BCUT2D eigenvalue weighted by Crippen LogP contribution is 2.32. The number of esters is 2. The fourth-order valence-electron chi connectivity index (χ4n) is 4.68. The van der Waals surface area contributed by atoms with E-state index in [0.717, 1.165) is 57.8 Å². The molecule has 0 N–H and O–H groups in total. The normalized spacial score (nSPS) is 18.6. The molecule has 1 aliphatic rings.